The first-order chi connectivity index (χ1) is 13.6. The van der Waals surface area contributed by atoms with Gasteiger partial charge in [0.05, 0.1) is 16.3 Å². The van der Waals surface area contributed by atoms with Gasteiger partial charge >= 0.3 is 0 Å². The summed E-state index contributed by atoms with van der Waals surface area (Å²) in [6.07, 6.45) is 0. The van der Waals surface area contributed by atoms with E-state index in [1.807, 2.05) is 44.2 Å². The van der Waals surface area contributed by atoms with Gasteiger partial charge < -0.3 is 15.2 Å². The minimum Gasteiger partial charge on any atom is -0.504 e. The van der Waals surface area contributed by atoms with Crippen LogP contribution in [0.5, 0.6) is 11.5 Å². The lowest BCUT2D eigenvalue weighted by Gasteiger charge is -2.26. The average Bonchev–Trinajstić information content (AvgIpc) is 3.00. The number of nitrogens with one attached hydrogen (secondary N) is 1. The van der Waals surface area contributed by atoms with Gasteiger partial charge in [0.15, 0.2) is 11.5 Å². The minimum atomic E-state index is -0.275. The molecule has 0 saturated carbocycles. The Morgan fingerprint density at radius 2 is 2.21 bits per heavy atom. The van der Waals surface area contributed by atoms with Gasteiger partial charge in [-0.15, -0.1) is 11.3 Å². The van der Waals surface area contributed by atoms with Gasteiger partial charge in [0, 0.05) is 30.8 Å². The monoisotopic (exact) mass is 397 g/mol. The molecule has 0 saturated heterocycles. The molecule has 0 radical (unpaired) electrons. The zero-order chi connectivity index (χ0) is 19.7. The zero-order valence-corrected chi connectivity index (χ0v) is 16.8. The lowest BCUT2D eigenvalue weighted by molar-refractivity contribution is -0.126. The number of carbonyl (C=O) groups excluding carboxylic acids is 1. The second kappa shape index (κ2) is 7.77. The van der Waals surface area contributed by atoms with Crippen molar-refractivity contribution in [2.24, 2.45) is 0 Å². The third-order valence-corrected chi connectivity index (χ3v) is 6.05. The molecule has 2 N–H and O–H groups in total. The van der Waals surface area contributed by atoms with Crippen molar-refractivity contribution in [3.8, 4) is 22.1 Å². The highest BCUT2D eigenvalue weighted by Gasteiger charge is 2.26. The van der Waals surface area contributed by atoms with Crippen LogP contribution in [-0.2, 0) is 11.3 Å². The topological polar surface area (TPSA) is 74.7 Å². The first-order valence-electron chi connectivity index (χ1n) is 9.43. The maximum atomic E-state index is 12.3. The van der Waals surface area contributed by atoms with Gasteiger partial charge in [0.1, 0.15) is 11.6 Å². The number of carbonyl (C=O) groups is 1. The van der Waals surface area contributed by atoms with E-state index in [4.69, 9.17) is 9.72 Å². The zero-order valence-electron chi connectivity index (χ0n) is 15.9. The Morgan fingerprint density at radius 1 is 1.39 bits per heavy atom. The summed E-state index contributed by atoms with van der Waals surface area (Å²) in [5, 5.41) is 14.3. The van der Waals surface area contributed by atoms with Crippen LogP contribution in [0, 0.1) is 0 Å². The fourth-order valence-electron chi connectivity index (χ4n) is 3.46. The van der Waals surface area contributed by atoms with E-state index in [1.165, 1.54) is 0 Å². The molecule has 7 heteroatoms. The molecule has 3 aromatic rings. The van der Waals surface area contributed by atoms with Gasteiger partial charge in [-0.1, -0.05) is 12.1 Å². The quantitative estimate of drug-likeness (QED) is 0.706. The molecule has 1 aliphatic rings. The van der Waals surface area contributed by atoms with Gasteiger partial charge in [-0.2, -0.15) is 0 Å². The standard InChI is InChI=1S/C21H23N3O3S/c1-3-22-20(26)13(2)24-8-9-27-19-15(12-24)10-14(11-17(19)25)21-23-16-6-4-5-7-18(16)28-21/h4-7,10-11,13,25H,3,8-9,12H2,1-2H3,(H,22,26). The van der Waals surface area contributed by atoms with E-state index in [2.05, 4.69) is 10.2 Å². The number of phenols is 1. The number of para-hydroxylation sites is 1. The molecule has 28 heavy (non-hydrogen) atoms. The normalized spacial score (nSPS) is 15.5. The fourth-order valence-corrected chi connectivity index (χ4v) is 4.41. The van der Waals surface area contributed by atoms with Gasteiger partial charge in [0.25, 0.3) is 0 Å². The van der Waals surface area contributed by atoms with Crippen LogP contribution in [0.2, 0.25) is 0 Å². The van der Waals surface area contributed by atoms with Crippen LogP contribution >= 0.6 is 11.3 Å². The number of phenolic OH excluding ortho intramolecular Hbond substituents is 1. The molecule has 0 aliphatic carbocycles. The Kier molecular flexibility index (Phi) is 5.19. The van der Waals surface area contributed by atoms with Crippen LogP contribution in [0.1, 0.15) is 19.4 Å². The number of aromatic nitrogens is 1. The number of nitrogens with zero attached hydrogens (tertiary/aromatic N) is 2. The maximum Gasteiger partial charge on any atom is 0.237 e. The number of rotatable bonds is 4. The van der Waals surface area contributed by atoms with Crippen molar-refractivity contribution in [3.05, 3.63) is 42.0 Å². The van der Waals surface area contributed by atoms with E-state index >= 15 is 0 Å². The Labute approximate surface area is 167 Å². The van der Waals surface area contributed by atoms with Crippen molar-refractivity contribution in [1.29, 1.82) is 0 Å². The van der Waals surface area contributed by atoms with E-state index in [1.54, 1.807) is 17.4 Å². The second-order valence-corrected chi connectivity index (χ2v) is 7.89. The predicted molar refractivity (Wildman–Crippen MR) is 111 cm³/mol. The SMILES string of the molecule is CCNC(=O)C(C)N1CCOc2c(O)cc(-c3nc4ccccc4s3)cc2C1. The van der Waals surface area contributed by atoms with E-state index in [-0.39, 0.29) is 17.7 Å². The molecule has 1 amide bonds. The molecule has 0 bridgehead atoms. The summed E-state index contributed by atoms with van der Waals surface area (Å²) in [7, 11) is 0. The highest BCUT2D eigenvalue weighted by atomic mass is 32.1. The summed E-state index contributed by atoms with van der Waals surface area (Å²) in [6, 6.07) is 11.4. The first kappa shape index (κ1) is 18.7. The molecule has 4 rings (SSSR count). The molecular weight excluding hydrogens is 374 g/mol. The van der Waals surface area contributed by atoms with Crippen molar-refractivity contribution in [2.75, 3.05) is 19.7 Å². The maximum absolute atomic E-state index is 12.3. The number of hydrogen-bond donors (Lipinski definition) is 2. The molecule has 2 heterocycles. The van der Waals surface area contributed by atoms with Crippen LogP contribution in [0.15, 0.2) is 36.4 Å². The summed E-state index contributed by atoms with van der Waals surface area (Å²) in [4.78, 5) is 19.0. The van der Waals surface area contributed by atoms with Crippen molar-refractivity contribution < 1.29 is 14.6 Å². The Balaban J connectivity index is 1.68. The largest absolute Gasteiger partial charge is 0.504 e. The number of thiazole rings is 1. The van der Waals surface area contributed by atoms with Gasteiger partial charge in [-0.05, 0) is 38.1 Å². The Bertz CT molecular complexity index is 984. The Hall–Kier alpha value is -2.64. The molecule has 6 nitrogen and oxygen atoms in total. The van der Waals surface area contributed by atoms with Gasteiger partial charge in [0.2, 0.25) is 5.91 Å². The first-order valence-corrected chi connectivity index (χ1v) is 10.2. The summed E-state index contributed by atoms with van der Waals surface area (Å²) in [5.41, 5.74) is 2.66. The molecule has 1 atom stereocenters. The average molecular weight is 398 g/mol. The van der Waals surface area contributed by atoms with Gasteiger partial charge in [-0.3, -0.25) is 9.69 Å². The molecule has 1 aromatic heterocycles. The Morgan fingerprint density at radius 3 is 3.00 bits per heavy atom. The third-order valence-electron chi connectivity index (χ3n) is 4.96. The number of benzene rings is 2. The lowest BCUT2D eigenvalue weighted by atomic mass is 10.1. The number of hydrogen-bond acceptors (Lipinski definition) is 6. The molecule has 2 aromatic carbocycles. The molecule has 146 valence electrons. The van der Waals surface area contributed by atoms with Crippen molar-refractivity contribution in [1.82, 2.24) is 15.2 Å². The highest BCUT2D eigenvalue weighted by molar-refractivity contribution is 7.21. The van der Waals surface area contributed by atoms with Crippen LogP contribution in [0.3, 0.4) is 0 Å². The molecule has 1 unspecified atom stereocenters. The molecule has 0 fully saturated rings. The summed E-state index contributed by atoms with van der Waals surface area (Å²) in [5.74, 6) is 0.604. The van der Waals surface area contributed by atoms with Gasteiger partial charge in [-0.25, -0.2) is 4.98 Å². The number of amides is 1. The van der Waals surface area contributed by atoms with Crippen molar-refractivity contribution in [3.63, 3.8) is 0 Å². The summed E-state index contributed by atoms with van der Waals surface area (Å²) >= 11 is 1.59. The number of likely N-dealkylation sites (N-methyl/N-ethyl adjacent to an activating group) is 1. The minimum absolute atomic E-state index is 0.00232. The highest BCUT2D eigenvalue weighted by Crippen LogP contribution is 2.39. The second-order valence-electron chi connectivity index (χ2n) is 6.86. The summed E-state index contributed by atoms with van der Waals surface area (Å²) in [6.45, 7) is 5.97. The van der Waals surface area contributed by atoms with E-state index in [0.29, 0.717) is 32.0 Å². The summed E-state index contributed by atoms with van der Waals surface area (Å²) < 4.78 is 6.91. The molecule has 0 spiro atoms. The van der Waals surface area contributed by atoms with E-state index in [9.17, 15) is 9.90 Å². The smallest absolute Gasteiger partial charge is 0.237 e. The van der Waals surface area contributed by atoms with Crippen LogP contribution in [0.4, 0.5) is 0 Å². The van der Waals surface area contributed by atoms with Crippen LogP contribution in [0.25, 0.3) is 20.8 Å². The van der Waals surface area contributed by atoms with Crippen molar-refractivity contribution >= 4 is 27.5 Å². The molecular formula is C21H23N3O3S. The lowest BCUT2D eigenvalue weighted by Crippen LogP contribution is -2.45. The number of ether oxygens (including phenoxy) is 1. The third kappa shape index (κ3) is 3.55. The number of aromatic hydroxyl groups is 1. The van der Waals surface area contributed by atoms with E-state index < -0.39 is 0 Å². The van der Waals surface area contributed by atoms with Crippen molar-refractivity contribution in [2.45, 2.75) is 26.4 Å². The van der Waals surface area contributed by atoms with E-state index in [0.717, 1.165) is 26.4 Å². The van der Waals surface area contributed by atoms with Crippen LogP contribution < -0.4 is 10.1 Å². The molecule has 1 aliphatic heterocycles. The predicted octanol–water partition coefficient (Wildman–Crippen LogP) is 3.39. The van der Waals surface area contributed by atoms with Crippen LogP contribution in [-0.4, -0.2) is 46.6 Å². The fraction of sp³-hybridized carbons (Fsp3) is 0.333. The number of fused-ring (bicyclic) bond motifs is 2.